The summed E-state index contributed by atoms with van der Waals surface area (Å²) in [4.78, 5) is 23.9. The third-order valence-electron chi connectivity index (χ3n) is 4.55. The molecule has 0 saturated carbocycles. The Kier molecular flexibility index (Phi) is 4.80. The van der Waals surface area contributed by atoms with Crippen molar-refractivity contribution in [2.24, 2.45) is 7.05 Å². The van der Waals surface area contributed by atoms with Gasteiger partial charge in [-0.15, -0.1) is 0 Å². The highest BCUT2D eigenvalue weighted by molar-refractivity contribution is 5.90. The number of aryl methyl sites for hydroxylation is 3. The van der Waals surface area contributed by atoms with Crippen LogP contribution in [0.2, 0.25) is 0 Å². The topological polar surface area (TPSA) is 68.5 Å². The molecule has 1 aromatic heterocycles. The highest BCUT2D eigenvalue weighted by Crippen LogP contribution is 2.31. The van der Waals surface area contributed by atoms with E-state index >= 15 is 0 Å². The smallest absolute Gasteiger partial charge is 0.341 e. The molecule has 0 amide bonds. The Morgan fingerprint density at radius 1 is 1.15 bits per heavy atom. The van der Waals surface area contributed by atoms with Crippen LogP contribution in [0.5, 0.6) is 5.75 Å². The van der Waals surface area contributed by atoms with Crippen molar-refractivity contribution in [3.05, 3.63) is 75.1 Å². The number of fused-ring (bicyclic) bond motifs is 1. The SMILES string of the molecule is Cc1cc(OCC(=O)O)c2c(C)c(Cc3ccccc3)c(=O)n(C)c2c1. The molecule has 5 heteroatoms. The first-order valence-corrected chi connectivity index (χ1v) is 8.40. The van der Waals surface area contributed by atoms with Gasteiger partial charge in [0.25, 0.3) is 5.56 Å². The van der Waals surface area contributed by atoms with Gasteiger partial charge < -0.3 is 14.4 Å². The standard InChI is InChI=1S/C21H21NO4/c1-13-9-17-20(18(10-13)26-12-19(23)24)14(2)16(21(25)22(17)3)11-15-7-5-4-6-8-15/h4-10H,11-12H2,1-3H3,(H,23,24). The molecule has 1 heterocycles. The van der Waals surface area contributed by atoms with Crippen LogP contribution in [0.25, 0.3) is 10.9 Å². The second-order valence-corrected chi connectivity index (χ2v) is 6.47. The summed E-state index contributed by atoms with van der Waals surface area (Å²) in [5, 5.41) is 9.74. The summed E-state index contributed by atoms with van der Waals surface area (Å²) >= 11 is 0. The van der Waals surface area contributed by atoms with Crippen LogP contribution in [0.3, 0.4) is 0 Å². The number of carboxylic acid groups (broad SMARTS) is 1. The maximum absolute atomic E-state index is 12.9. The van der Waals surface area contributed by atoms with Gasteiger partial charge >= 0.3 is 5.97 Å². The molecule has 134 valence electrons. The summed E-state index contributed by atoms with van der Waals surface area (Å²) in [7, 11) is 1.74. The van der Waals surface area contributed by atoms with Gasteiger partial charge in [-0.3, -0.25) is 4.79 Å². The molecule has 0 radical (unpaired) electrons. The van der Waals surface area contributed by atoms with Gasteiger partial charge in [0.1, 0.15) is 5.75 Å². The monoisotopic (exact) mass is 351 g/mol. The van der Waals surface area contributed by atoms with Crippen LogP contribution in [0.15, 0.2) is 47.3 Å². The first-order valence-electron chi connectivity index (χ1n) is 8.40. The Bertz CT molecular complexity index is 1040. The highest BCUT2D eigenvalue weighted by Gasteiger charge is 2.17. The van der Waals surface area contributed by atoms with Crippen LogP contribution in [0.4, 0.5) is 0 Å². The minimum Gasteiger partial charge on any atom is -0.481 e. The molecule has 1 N–H and O–H groups in total. The number of carboxylic acids is 1. The minimum absolute atomic E-state index is 0.0476. The van der Waals surface area contributed by atoms with E-state index < -0.39 is 12.6 Å². The van der Waals surface area contributed by atoms with Crippen molar-refractivity contribution >= 4 is 16.9 Å². The van der Waals surface area contributed by atoms with Crippen LogP contribution in [-0.4, -0.2) is 22.2 Å². The lowest BCUT2D eigenvalue weighted by atomic mass is 9.97. The van der Waals surface area contributed by atoms with E-state index in [0.717, 1.165) is 27.6 Å². The molecule has 0 fully saturated rings. The van der Waals surface area contributed by atoms with E-state index in [4.69, 9.17) is 9.84 Å². The number of hydrogen-bond acceptors (Lipinski definition) is 3. The van der Waals surface area contributed by atoms with Gasteiger partial charge in [0.05, 0.1) is 5.52 Å². The fourth-order valence-electron chi connectivity index (χ4n) is 3.26. The van der Waals surface area contributed by atoms with E-state index in [1.807, 2.05) is 56.3 Å². The van der Waals surface area contributed by atoms with Gasteiger partial charge in [-0.2, -0.15) is 0 Å². The van der Waals surface area contributed by atoms with Crippen LogP contribution in [-0.2, 0) is 18.3 Å². The molecule has 2 aromatic carbocycles. The lowest BCUT2D eigenvalue weighted by Gasteiger charge is -2.17. The van der Waals surface area contributed by atoms with E-state index in [2.05, 4.69) is 0 Å². The Hall–Kier alpha value is -3.08. The second-order valence-electron chi connectivity index (χ2n) is 6.47. The molecule has 26 heavy (non-hydrogen) atoms. The average molecular weight is 351 g/mol. The van der Waals surface area contributed by atoms with Gasteiger partial charge in [-0.05, 0) is 42.7 Å². The highest BCUT2D eigenvalue weighted by atomic mass is 16.5. The molecule has 0 unspecified atom stereocenters. The molecule has 0 saturated heterocycles. The van der Waals surface area contributed by atoms with E-state index in [1.165, 1.54) is 0 Å². The number of benzene rings is 2. The quantitative estimate of drug-likeness (QED) is 0.766. The number of aromatic nitrogens is 1. The van der Waals surface area contributed by atoms with Crippen molar-refractivity contribution < 1.29 is 14.6 Å². The summed E-state index contributed by atoms with van der Waals surface area (Å²) in [6.45, 7) is 3.37. The summed E-state index contributed by atoms with van der Waals surface area (Å²) < 4.78 is 7.14. The molecule has 5 nitrogen and oxygen atoms in total. The normalized spacial score (nSPS) is 10.9. The molecule has 0 bridgehead atoms. The molecule has 0 aliphatic heterocycles. The van der Waals surface area contributed by atoms with Crippen LogP contribution < -0.4 is 10.3 Å². The maximum Gasteiger partial charge on any atom is 0.341 e. The predicted octanol–water partition coefficient (Wildman–Crippen LogP) is 3.21. The summed E-state index contributed by atoms with van der Waals surface area (Å²) in [5.41, 5.74) is 4.16. The zero-order valence-corrected chi connectivity index (χ0v) is 15.1. The first-order chi connectivity index (χ1) is 12.4. The summed E-state index contributed by atoms with van der Waals surface area (Å²) in [6.07, 6.45) is 0.515. The molecule has 0 aliphatic rings. The molecular weight excluding hydrogens is 330 g/mol. The molecule has 3 aromatic rings. The van der Waals surface area contributed by atoms with E-state index in [-0.39, 0.29) is 5.56 Å². The molecule has 3 rings (SSSR count). The summed E-state index contributed by atoms with van der Waals surface area (Å²) in [5.74, 6) is -0.545. The van der Waals surface area contributed by atoms with Gasteiger partial charge in [-0.1, -0.05) is 30.3 Å². The number of ether oxygens (including phenoxy) is 1. The van der Waals surface area contributed by atoms with Crippen molar-refractivity contribution in [1.29, 1.82) is 0 Å². The van der Waals surface area contributed by atoms with Gasteiger partial charge in [-0.25, -0.2) is 4.79 Å². The number of nitrogens with zero attached hydrogens (tertiary/aromatic N) is 1. The van der Waals surface area contributed by atoms with Crippen LogP contribution >= 0.6 is 0 Å². The molecule has 0 aliphatic carbocycles. The van der Waals surface area contributed by atoms with Gasteiger partial charge in [0.15, 0.2) is 6.61 Å². The Morgan fingerprint density at radius 2 is 1.85 bits per heavy atom. The zero-order valence-electron chi connectivity index (χ0n) is 15.1. The van der Waals surface area contributed by atoms with E-state index in [1.54, 1.807) is 11.6 Å². The fraction of sp³-hybridized carbons (Fsp3) is 0.238. The van der Waals surface area contributed by atoms with Gasteiger partial charge in [0, 0.05) is 24.4 Å². The van der Waals surface area contributed by atoms with Crippen molar-refractivity contribution in [1.82, 2.24) is 4.57 Å². The third kappa shape index (κ3) is 3.33. The number of pyridine rings is 1. The third-order valence-corrected chi connectivity index (χ3v) is 4.55. The Balaban J connectivity index is 2.24. The fourth-order valence-corrected chi connectivity index (χ4v) is 3.26. The summed E-state index contributed by atoms with van der Waals surface area (Å²) in [6, 6.07) is 13.5. The average Bonchev–Trinajstić information content (AvgIpc) is 2.62. The van der Waals surface area contributed by atoms with Crippen molar-refractivity contribution in [3.63, 3.8) is 0 Å². The maximum atomic E-state index is 12.9. The van der Waals surface area contributed by atoms with Crippen molar-refractivity contribution in [2.45, 2.75) is 20.3 Å². The second kappa shape index (κ2) is 7.04. The van der Waals surface area contributed by atoms with E-state index in [0.29, 0.717) is 17.7 Å². The van der Waals surface area contributed by atoms with E-state index in [9.17, 15) is 9.59 Å². The lowest BCUT2D eigenvalue weighted by molar-refractivity contribution is -0.139. The predicted molar refractivity (Wildman–Crippen MR) is 101 cm³/mol. The van der Waals surface area contributed by atoms with Crippen LogP contribution in [0, 0.1) is 13.8 Å². The largest absolute Gasteiger partial charge is 0.481 e. The zero-order chi connectivity index (χ0) is 18.8. The Morgan fingerprint density at radius 3 is 2.50 bits per heavy atom. The molecule has 0 atom stereocenters. The Labute approximate surface area is 151 Å². The number of hydrogen-bond donors (Lipinski definition) is 1. The van der Waals surface area contributed by atoms with Crippen molar-refractivity contribution in [2.75, 3.05) is 6.61 Å². The first kappa shape index (κ1) is 17.7. The van der Waals surface area contributed by atoms with Gasteiger partial charge in [0.2, 0.25) is 0 Å². The number of carbonyl (C=O) groups is 1. The molecule has 0 spiro atoms. The van der Waals surface area contributed by atoms with Crippen molar-refractivity contribution in [3.8, 4) is 5.75 Å². The minimum atomic E-state index is -1.04. The van der Waals surface area contributed by atoms with Crippen LogP contribution in [0.1, 0.15) is 22.3 Å². The number of rotatable bonds is 5. The lowest BCUT2D eigenvalue weighted by Crippen LogP contribution is -2.24. The number of aliphatic carboxylic acids is 1. The molecular formula is C21H21NO4.